The molecule has 3 aliphatic rings. The van der Waals surface area contributed by atoms with Crippen molar-refractivity contribution in [1.82, 2.24) is 4.90 Å². The molecule has 0 spiro atoms. The Kier molecular flexibility index (Phi) is 15.1. The first kappa shape index (κ1) is 44.1. The number of rotatable bonds is 20. The number of methoxy groups -OCH3 is 1. The summed E-state index contributed by atoms with van der Waals surface area (Å²) in [7, 11) is 1.35. The number of amides is 1. The van der Waals surface area contributed by atoms with Crippen molar-refractivity contribution in [3.63, 3.8) is 0 Å². The van der Waals surface area contributed by atoms with Crippen molar-refractivity contribution in [2.75, 3.05) is 53.3 Å². The Bertz CT molecular complexity index is 1940. The smallest absolute Gasteiger partial charge is 0.410 e. The molecule has 1 saturated carbocycles. The minimum Gasteiger partial charge on any atom is -0.459 e. The van der Waals surface area contributed by atoms with Gasteiger partial charge in [-0.2, -0.15) is 0 Å². The van der Waals surface area contributed by atoms with Crippen LogP contribution in [0.5, 0.6) is 17.2 Å². The number of fused-ring (bicyclic) bond motifs is 3. The van der Waals surface area contributed by atoms with Gasteiger partial charge in [0.05, 0.1) is 45.2 Å². The Balaban J connectivity index is 1.57. The molecule has 3 N–H and O–H groups in total. The largest absolute Gasteiger partial charge is 0.459 e. The zero-order valence-electron chi connectivity index (χ0n) is 35.0. The Morgan fingerprint density at radius 3 is 2.39 bits per heavy atom. The van der Waals surface area contributed by atoms with E-state index in [0.29, 0.717) is 35.8 Å². The van der Waals surface area contributed by atoms with Gasteiger partial charge in [-0.15, -0.1) is 6.58 Å². The van der Waals surface area contributed by atoms with Crippen LogP contribution in [-0.2, 0) is 19.0 Å². The molecule has 0 bridgehead atoms. The highest BCUT2D eigenvalue weighted by molar-refractivity contribution is 6.03. The minimum absolute atomic E-state index is 0.0438. The number of oxime groups is 1. The fraction of sp³-hybridized carbons (Fsp3) is 0.532. The van der Waals surface area contributed by atoms with E-state index in [2.05, 4.69) is 36.9 Å². The van der Waals surface area contributed by atoms with Crippen molar-refractivity contribution in [1.29, 1.82) is 0 Å². The van der Waals surface area contributed by atoms with Crippen LogP contribution in [-0.4, -0.2) is 103 Å². The third-order valence-electron chi connectivity index (χ3n) is 11.5. The zero-order valence-corrected chi connectivity index (χ0v) is 35.0. The highest BCUT2D eigenvalue weighted by Gasteiger charge is 2.65. The maximum absolute atomic E-state index is 13.9. The lowest BCUT2D eigenvalue weighted by molar-refractivity contribution is -0.256. The van der Waals surface area contributed by atoms with Gasteiger partial charge in [0.1, 0.15) is 28.9 Å². The molecule has 1 aliphatic heterocycles. The van der Waals surface area contributed by atoms with E-state index in [0.717, 1.165) is 47.6 Å². The Morgan fingerprint density at radius 2 is 1.68 bits per heavy atom. The predicted octanol–water partition coefficient (Wildman–Crippen LogP) is 8.14. The van der Waals surface area contributed by atoms with Gasteiger partial charge >= 0.3 is 6.09 Å². The van der Waals surface area contributed by atoms with Gasteiger partial charge in [-0.3, -0.25) is 4.90 Å². The van der Waals surface area contributed by atoms with Crippen LogP contribution < -0.4 is 9.47 Å². The molecule has 3 aromatic rings. The van der Waals surface area contributed by atoms with E-state index >= 15 is 0 Å². The number of aliphatic hydroxyl groups excluding tert-OH is 3. The summed E-state index contributed by atoms with van der Waals surface area (Å²) in [5.41, 5.74) is 1.95. The van der Waals surface area contributed by atoms with E-state index in [4.69, 9.17) is 33.7 Å². The van der Waals surface area contributed by atoms with Gasteiger partial charge in [0.25, 0.3) is 0 Å². The maximum Gasteiger partial charge on any atom is 0.410 e. The first-order valence-corrected chi connectivity index (χ1v) is 21.0. The summed E-state index contributed by atoms with van der Waals surface area (Å²) in [4.78, 5) is 21.7. The number of hydrogen-bond donors (Lipinski definition) is 3. The second kappa shape index (κ2) is 20.2. The van der Waals surface area contributed by atoms with Crippen LogP contribution in [0.3, 0.4) is 0 Å². The average molecular weight is 815 g/mol. The van der Waals surface area contributed by atoms with E-state index < -0.39 is 29.4 Å². The maximum atomic E-state index is 13.9. The molecule has 0 saturated heterocycles. The van der Waals surface area contributed by atoms with Gasteiger partial charge in [0, 0.05) is 37.7 Å². The molecule has 1 heterocycles. The molecule has 6 rings (SSSR count). The minimum atomic E-state index is -1.45. The molecule has 12 nitrogen and oxygen atoms in total. The third-order valence-corrected chi connectivity index (χ3v) is 11.5. The number of benzene rings is 3. The lowest BCUT2D eigenvalue weighted by atomic mass is 9.55. The van der Waals surface area contributed by atoms with Crippen molar-refractivity contribution >= 4 is 22.6 Å². The van der Waals surface area contributed by atoms with Gasteiger partial charge in [0.2, 0.25) is 5.79 Å². The fourth-order valence-corrected chi connectivity index (χ4v) is 9.09. The van der Waals surface area contributed by atoms with E-state index in [-0.39, 0.29) is 70.4 Å². The summed E-state index contributed by atoms with van der Waals surface area (Å²) in [5, 5.41) is 36.3. The van der Waals surface area contributed by atoms with Crippen LogP contribution in [0.2, 0.25) is 0 Å². The highest BCUT2D eigenvalue weighted by atomic mass is 16.7. The monoisotopic (exact) mass is 814 g/mol. The van der Waals surface area contributed by atoms with Gasteiger partial charge in [0.15, 0.2) is 0 Å². The molecule has 0 radical (unpaired) electrons. The third kappa shape index (κ3) is 10.1. The highest BCUT2D eigenvalue weighted by Crippen LogP contribution is 2.62. The molecule has 1 amide bonds. The van der Waals surface area contributed by atoms with E-state index in [1.165, 1.54) is 7.11 Å². The van der Waals surface area contributed by atoms with E-state index in [1.807, 2.05) is 57.2 Å². The molecular formula is C47H62N2O10. The molecule has 6 atom stereocenters. The van der Waals surface area contributed by atoms with Crippen molar-refractivity contribution in [3.05, 3.63) is 90.5 Å². The van der Waals surface area contributed by atoms with Crippen LogP contribution in [0, 0.1) is 17.8 Å². The second-order valence-corrected chi connectivity index (χ2v) is 16.6. The van der Waals surface area contributed by atoms with Crippen molar-refractivity contribution in [2.24, 2.45) is 22.9 Å². The predicted molar refractivity (Wildman–Crippen MR) is 227 cm³/mol. The first-order valence-electron chi connectivity index (χ1n) is 21.0. The average Bonchev–Trinajstić information content (AvgIpc) is 3.23. The summed E-state index contributed by atoms with van der Waals surface area (Å²) < 4.78 is 32.0. The molecule has 320 valence electrons. The van der Waals surface area contributed by atoms with Crippen LogP contribution in [0.4, 0.5) is 4.79 Å². The Hall–Kier alpha value is -4.46. The lowest BCUT2D eigenvalue weighted by Crippen LogP contribution is -2.70. The lowest BCUT2D eigenvalue weighted by Gasteiger charge is -2.59. The SMILES string of the molecule is C=CCOC12Oc3ccc(Oc4ccc5ccccc5c4)cc3C3C(CCCCO)C(CCCCO)C=C(C(=NOC(C)(C)C)CC1N(CCOCCO)C(=O)OC)C32. The molecule has 59 heavy (non-hydrogen) atoms. The quantitative estimate of drug-likeness (QED) is 0.0580. The molecule has 3 aromatic carbocycles. The van der Waals surface area contributed by atoms with Crippen molar-refractivity contribution in [3.8, 4) is 17.2 Å². The molecule has 0 aromatic heterocycles. The molecule has 6 unspecified atom stereocenters. The summed E-state index contributed by atoms with van der Waals surface area (Å²) in [6.07, 6.45) is 8.19. The number of carbonyl (C=O) groups is 1. The zero-order chi connectivity index (χ0) is 42.0. The Morgan fingerprint density at radius 1 is 0.949 bits per heavy atom. The van der Waals surface area contributed by atoms with Gasteiger partial charge in [-0.25, -0.2) is 4.79 Å². The number of ether oxygens (including phenoxy) is 5. The fourth-order valence-electron chi connectivity index (χ4n) is 9.09. The molecule has 1 fully saturated rings. The van der Waals surface area contributed by atoms with Gasteiger partial charge < -0.3 is 43.8 Å². The number of nitrogens with zero attached hydrogens (tertiary/aromatic N) is 2. The topological polar surface area (TPSA) is 149 Å². The first-order chi connectivity index (χ1) is 28.6. The number of hydrogen-bond acceptors (Lipinski definition) is 11. The normalized spacial score (nSPS) is 24.1. The van der Waals surface area contributed by atoms with Crippen LogP contribution in [0.25, 0.3) is 10.8 Å². The van der Waals surface area contributed by atoms with Gasteiger partial charge in [-0.1, -0.05) is 60.5 Å². The number of allylic oxidation sites excluding steroid dienone is 1. The van der Waals surface area contributed by atoms with Gasteiger partial charge in [-0.05, 0) is 105 Å². The molecule has 2 aliphatic carbocycles. The number of unbranched alkanes of at least 4 members (excludes halogenated alkanes) is 2. The van der Waals surface area contributed by atoms with Crippen molar-refractivity contribution in [2.45, 2.75) is 89.1 Å². The molecule has 12 heteroatoms. The van der Waals surface area contributed by atoms with Crippen LogP contribution >= 0.6 is 0 Å². The van der Waals surface area contributed by atoms with E-state index in [9.17, 15) is 20.1 Å². The van der Waals surface area contributed by atoms with Crippen molar-refractivity contribution < 1.29 is 48.6 Å². The summed E-state index contributed by atoms with van der Waals surface area (Å²) in [6, 6.07) is 19.4. The number of aliphatic hydroxyl groups is 3. The summed E-state index contributed by atoms with van der Waals surface area (Å²) >= 11 is 0. The second-order valence-electron chi connectivity index (χ2n) is 16.6. The Labute approximate surface area is 348 Å². The van der Waals surface area contributed by atoms with E-state index in [1.54, 1.807) is 11.0 Å². The van der Waals surface area contributed by atoms with Crippen LogP contribution in [0.1, 0.15) is 77.2 Å². The molecular weight excluding hydrogens is 753 g/mol. The summed E-state index contributed by atoms with van der Waals surface area (Å²) in [5.74, 6) is -0.0829. The summed E-state index contributed by atoms with van der Waals surface area (Å²) in [6.45, 7) is 10.4. The number of carbonyl (C=O) groups excluding carboxylic acids is 1. The standard InChI is InChI=1S/C47H62N2O10/c1-6-25-56-47-42(49(45(53)54-5)21-26-55-27-24-52)31-40(48-59-46(2,3)4)38-29-34(15-9-11-22-50)37(16-10-12-23-51)43(44(38)47)39-30-36(19-20-41(39)58-47)57-35-18-17-32-13-7-8-14-33(32)28-35/h6-8,13-14,17-20,28-30,34,37,42-44,50-52H,1,9-12,15-16,21-27,31H2,2-5H3. The van der Waals surface area contributed by atoms with Crippen LogP contribution in [0.15, 0.2) is 90.1 Å².